The topological polar surface area (TPSA) is 46.9 Å². The van der Waals surface area contributed by atoms with E-state index in [1.165, 1.54) is 6.08 Å². The maximum atomic E-state index is 12.4. The largest absolute Gasteiger partial charge is 0.307 e. The van der Waals surface area contributed by atoms with Crippen molar-refractivity contribution in [3.05, 3.63) is 52.2 Å². The van der Waals surface area contributed by atoms with Gasteiger partial charge in [0.2, 0.25) is 5.91 Å². The Morgan fingerprint density at radius 3 is 2.79 bits per heavy atom. The van der Waals surface area contributed by atoms with E-state index >= 15 is 0 Å². The Bertz CT molecular complexity index is 805. The second-order valence-corrected chi connectivity index (χ2v) is 8.09. The van der Waals surface area contributed by atoms with Crippen molar-refractivity contribution < 1.29 is 4.79 Å². The first-order valence-corrected chi connectivity index (χ1v) is 9.32. The lowest BCUT2D eigenvalue weighted by Gasteiger charge is -2.23. The first-order valence-electron chi connectivity index (χ1n) is 7.79. The summed E-state index contributed by atoms with van der Waals surface area (Å²) in [6.07, 6.45) is 3.24. The molecule has 0 aliphatic carbocycles. The van der Waals surface area contributed by atoms with Gasteiger partial charge in [-0.15, -0.1) is 0 Å². The molecule has 0 spiro atoms. The molecule has 0 radical (unpaired) electrons. The van der Waals surface area contributed by atoms with E-state index in [4.69, 9.17) is 11.6 Å². The first-order chi connectivity index (χ1) is 11.4. The van der Waals surface area contributed by atoms with Gasteiger partial charge in [-0.05, 0) is 38.5 Å². The SMILES string of the molecule is CC(C)(C)n1nc2c(c1NC(=O)/C=C/c1ccccc1Cl)CSC2. The van der Waals surface area contributed by atoms with Crippen LogP contribution in [0.5, 0.6) is 0 Å². The minimum atomic E-state index is -0.190. The molecule has 3 rings (SSSR count). The van der Waals surface area contributed by atoms with Crippen LogP contribution in [0.4, 0.5) is 5.82 Å². The van der Waals surface area contributed by atoms with Crippen molar-refractivity contribution in [2.45, 2.75) is 37.8 Å². The van der Waals surface area contributed by atoms with Crippen LogP contribution in [0, 0.1) is 0 Å². The summed E-state index contributed by atoms with van der Waals surface area (Å²) in [5.41, 5.74) is 2.83. The number of benzene rings is 1. The number of thioether (sulfide) groups is 1. The Hall–Kier alpha value is -1.72. The summed E-state index contributed by atoms with van der Waals surface area (Å²) in [4.78, 5) is 12.4. The number of carbonyl (C=O) groups is 1. The molecule has 0 fully saturated rings. The molecule has 24 heavy (non-hydrogen) atoms. The Morgan fingerprint density at radius 2 is 2.08 bits per heavy atom. The molecule has 2 heterocycles. The molecule has 1 aromatic carbocycles. The van der Waals surface area contributed by atoms with Crippen LogP contribution in [0.2, 0.25) is 5.02 Å². The van der Waals surface area contributed by atoms with E-state index in [0.29, 0.717) is 5.02 Å². The summed E-state index contributed by atoms with van der Waals surface area (Å²) in [6.45, 7) is 6.24. The van der Waals surface area contributed by atoms with Gasteiger partial charge >= 0.3 is 0 Å². The van der Waals surface area contributed by atoms with Crippen LogP contribution in [0.3, 0.4) is 0 Å². The van der Waals surface area contributed by atoms with Crippen molar-refractivity contribution in [2.75, 3.05) is 5.32 Å². The van der Waals surface area contributed by atoms with Crippen LogP contribution in [-0.4, -0.2) is 15.7 Å². The number of hydrogen-bond donors (Lipinski definition) is 1. The summed E-state index contributed by atoms with van der Waals surface area (Å²) in [7, 11) is 0. The quantitative estimate of drug-likeness (QED) is 0.806. The molecule has 0 saturated carbocycles. The van der Waals surface area contributed by atoms with Crippen molar-refractivity contribution in [2.24, 2.45) is 0 Å². The Kier molecular flexibility index (Phi) is 4.74. The minimum Gasteiger partial charge on any atom is -0.307 e. The van der Waals surface area contributed by atoms with Gasteiger partial charge in [0, 0.05) is 28.2 Å². The van der Waals surface area contributed by atoms with Crippen LogP contribution in [-0.2, 0) is 21.8 Å². The summed E-state index contributed by atoms with van der Waals surface area (Å²) in [5, 5.41) is 8.31. The van der Waals surface area contributed by atoms with E-state index in [-0.39, 0.29) is 11.4 Å². The summed E-state index contributed by atoms with van der Waals surface area (Å²) in [5.74, 6) is 2.41. The second kappa shape index (κ2) is 6.65. The van der Waals surface area contributed by atoms with Gasteiger partial charge in [-0.1, -0.05) is 29.8 Å². The number of carbonyl (C=O) groups excluding carboxylic acids is 1. The van der Waals surface area contributed by atoms with E-state index in [9.17, 15) is 4.79 Å². The third-order valence-corrected chi connectivity index (χ3v) is 5.06. The minimum absolute atomic E-state index is 0.181. The molecule has 126 valence electrons. The van der Waals surface area contributed by atoms with Crippen molar-refractivity contribution in [1.82, 2.24) is 9.78 Å². The van der Waals surface area contributed by atoms with E-state index < -0.39 is 0 Å². The van der Waals surface area contributed by atoms with Crippen LogP contribution < -0.4 is 5.32 Å². The van der Waals surface area contributed by atoms with Gasteiger partial charge in [0.25, 0.3) is 0 Å². The molecule has 1 N–H and O–H groups in total. The molecule has 1 aliphatic rings. The highest BCUT2D eigenvalue weighted by Gasteiger charge is 2.28. The highest BCUT2D eigenvalue weighted by Crippen LogP contribution is 2.37. The molecule has 1 aliphatic heterocycles. The lowest BCUT2D eigenvalue weighted by molar-refractivity contribution is -0.111. The highest BCUT2D eigenvalue weighted by molar-refractivity contribution is 7.98. The molecule has 0 unspecified atom stereocenters. The fraction of sp³-hybridized carbons (Fsp3) is 0.333. The van der Waals surface area contributed by atoms with Crippen molar-refractivity contribution in [3.8, 4) is 0 Å². The zero-order chi connectivity index (χ0) is 17.3. The standard InChI is InChI=1S/C18H20ClN3OS/c1-18(2,3)22-17(13-10-24-11-15(13)21-22)20-16(23)9-8-12-6-4-5-7-14(12)19/h4-9H,10-11H2,1-3H3,(H,20,23)/b9-8+. The lowest BCUT2D eigenvalue weighted by Crippen LogP contribution is -2.26. The van der Waals surface area contributed by atoms with Crippen LogP contribution in [0.25, 0.3) is 6.08 Å². The summed E-state index contributed by atoms with van der Waals surface area (Å²) < 4.78 is 1.92. The molecule has 6 heteroatoms. The Balaban J connectivity index is 1.84. The molecule has 0 saturated heterocycles. The predicted molar refractivity (Wildman–Crippen MR) is 101 cm³/mol. The highest BCUT2D eigenvalue weighted by atomic mass is 35.5. The zero-order valence-corrected chi connectivity index (χ0v) is 15.5. The van der Waals surface area contributed by atoms with Crippen molar-refractivity contribution in [3.63, 3.8) is 0 Å². The number of nitrogens with one attached hydrogen (secondary N) is 1. The average molecular weight is 362 g/mol. The number of rotatable bonds is 3. The number of amides is 1. The molecular weight excluding hydrogens is 342 g/mol. The molecule has 2 aromatic rings. The molecule has 4 nitrogen and oxygen atoms in total. The summed E-state index contributed by atoms with van der Waals surface area (Å²) in [6, 6.07) is 7.43. The predicted octanol–water partition coefficient (Wildman–Crippen LogP) is 4.69. The number of hydrogen-bond acceptors (Lipinski definition) is 3. The summed E-state index contributed by atoms with van der Waals surface area (Å²) >= 11 is 7.93. The van der Waals surface area contributed by atoms with Gasteiger partial charge in [0.15, 0.2) is 0 Å². The number of nitrogens with zero attached hydrogens (tertiary/aromatic N) is 2. The molecular formula is C18H20ClN3OS. The van der Waals surface area contributed by atoms with E-state index in [1.807, 2.05) is 34.6 Å². The van der Waals surface area contributed by atoms with E-state index in [0.717, 1.165) is 34.1 Å². The van der Waals surface area contributed by atoms with Crippen molar-refractivity contribution >= 4 is 41.2 Å². The van der Waals surface area contributed by atoms with Crippen LogP contribution in [0.1, 0.15) is 37.6 Å². The maximum Gasteiger partial charge on any atom is 0.249 e. The average Bonchev–Trinajstić information content (AvgIpc) is 3.08. The van der Waals surface area contributed by atoms with Gasteiger partial charge in [0.05, 0.1) is 11.2 Å². The number of halogens is 1. The zero-order valence-electron chi connectivity index (χ0n) is 14.0. The number of anilines is 1. The third kappa shape index (κ3) is 3.52. The van der Waals surface area contributed by atoms with Gasteiger partial charge in [-0.3, -0.25) is 4.79 Å². The van der Waals surface area contributed by atoms with Gasteiger partial charge in [-0.25, -0.2) is 4.68 Å². The number of fused-ring (bicyclic) bond motifs is 1. The first kappa shape index (κ1) is 17.1. The normalized spacial score (nSPS) is 14.2. The molecule has 1 aromatic heterocycles. The maximum absolute atomic E-state index is 12.4. The lowest BCUT2D eigenvalue weighted by atomic mass is 10.1. The third-order valence-electron chi connectivity index (χ3n) is 3.75. The fourth-order valence-electron chi connectivity index (χ4n) is 2.56. The van der Waals surface area contributed by atoms with Crippen LogP contribution >= 0.6 is 23.4 Å². The van der Waals surface area contributed by atoms with Crippen molar-refractivity contribution in [1.29, 1.82) is 0 Å². The van der Waals surface area contributed by atoms with Gasteiger partial charge < -0.3 is 5.32 Å². The van der Waals surface area contributed by atoms with Crippen LogP contribution in [0.15, 0.2) is 30.3 Å². The number of aromatic nitrogens is 2. The second-order valence-electron chi connectivity index (χ2n) is 6.69. The van der Waals surface area contributed by atoms with E-state index in [2.05, 4.69) is 31.2 Å². The molecule has 1 amide bonds. The Labute approximate surface area is 151 Å². The molecule has 0 bridgehead atoms. The Morgan fingerprint density at radius 1 is 1.33 bits per heavy atom. The molecule has 0 atom stereocenters. The van der Waals surface area contributed by atoms with Gasteiger partial charge in [-0.2, -0.15) is 16.9 Å². The monoisotopic (exact) mass is 361 g/mol. The smallest absolute Gasteiger partial charge is 0.249 e. The van der Waals surface area contributed by atoms with Gasteiger partial charge in [0.1, 0.15) is 5.82 Å². The fourth-order valence-corrected chi connectivity index (χ4v) is 3.79. The van der Waals surface area contributed by atoms with E-state index in [1.54, 1.807) is 12.1 Å².